The van der Waals surface area contributed by atoms with Gasteiger partial charge in [-0.15, -0.1) is 0 Å². The lowest BCUT2D eigenvalue weighted by molar-refractivity contribution is 0.356. The molecule has 82 valence electrons. The molecule has 2 nitrogen and oxygen atoms in total. The zero-order valence-electron chi connectivity index (χ0n) is 9.09. The molecule has 0 amide bonds. The predicted octanol–water partition coefficient (Wildman–Crippen LogP) is 2.92. The van der Waals surface area contributed by atoms with Crippen LogP contribution < -0.4 is 5.32 Å². The molecular formula is C12H17BrN2. The minimum absolute atomic E-state index is 0.306. The highest BCUT2D eigenvalue weighted by atomic mass is 79.9. The molecule has 1 saturated heterocycles. The largest absolute Gasteiger partial charge is 0.311 e. The first kappa shape index (κ1) is 11.1. The maximum atomic E-state index is 4.45. The number of pyridine rings is 1. The number of hydrogen-bond acceptors (Lipinski definition) is 2. The maximum absolute atomic E-state index is 4.45. The first-order chi connectivity index (χ1) is 7.24. The summed E-state index contributed by atoms with van der Waals surface area (Å²) in [4.78, 5) is 4.45. The van der Waals surface area contributed by atoms with Crippen LogP contribution in [0, 0.1) is 0 Å². The van der Waals surface area contributed by atoms with Gasteiger partial charge in [-0.25, -0.2) is 0 Å². The van der Waals surface area contributed by atoms with Crippen LogP contribution in [0.4, 0.5) is 0 Å². The van der Waals surface area contributed by atoms with Crippen LogP contribution in [0.25, 0.3) is 0 Å². The molecule has 1 aromatic heterocycles. The summed E-state index contributed by atoms with van der Waals surface area (Å²) in [5.41, 5.74) is 1.50. The number of hydrogen-bond donors (Lipinski definition) is 1. The lowest BCUT2D eigenvalue weighted by atomic mass is 9.89. The first-order valence-corrected chi connectivity index (χ1v) is 6.39. The van der Waals surface area contributed by atoms with E-state index in [0.717, 1.165) is 17.4 Å². The normalized spacial score (nSPS) is 25.7. The highest BCUT2D eigenvalue weighted by molar-refractivity contribution is 9.10. The van der Waals surface area contributed by atoms with E-state index in [1.165, 1.54) is 25.0 Å². The van der Waals surface area contributed by atoms with E-state index in [2.05, 4.69) is 45.3 Å². The summed E-state index contributed by atoms with van der Waals surface area (Å²) in [6, 6.07) is 4.18. The Morgan fingerprint density at radius 3 is 2.93 bits per heavy atom. The molecule has 2 heterocycles. The van der Waals surface area contributed by atoms with Crippen molar-refractivity contribution in [3.05, 3.63) is 28.5 Å². The van der Waals surface area contributed by atoms with Gasteiger partial charge in [0.1, 0.15) is 0 Å². The lowest BCUT2D eigenvalue weighted by Gasteiger charge is -2.27. The van der Waals surface area contributed by atoms with E-state index in [1.807, 2.05) is 6.20 Å². The van der Waals surface area contributed by atoms with Crippen molar-refractivity contribution in [2.24, 2.45) is 0 Å². The molecule has 2 rings (SSSR count). The van der Waals surface area contributed by atoms with Crippen molar-refractivity contribution in [2.75, 3.05) is 6.54 Å². The topological polar surface area (TPSA) is 24.9 Å². The van der Waals surface area contributed by atoms with E-state index >= 15 is 0 Å². The molecule has 0 aromatic carbocycles. The molecule has 0 saturated carbocycles. The SMILES string of the molecule is CCC1(Cc2ccc(Br)cn2)CCCN1. The van der Waals surface area contributed by atoms with E-state index in [0.29, 0.717) is 5.54 Å². The van der Waals surface area contributed by atoms with Gasteiger partial charge in [-0.1, -0.05) is 6.92 Å². The Hall–Kier alpha value is -0.410. The van der Waals surface area contributed by atoms with Gasteiger partial charge in [0.2, 0.25) is 0 Å². The summed E-state index contributed by atoms with van der Waals surface area (Å²) >= 11 is 3.41. The maximum Gasteiger partial charge on any atom is 0.0422 e. The summed E-state index contributed by atoms with van der Waals surface area (Å²) in [6.07, 6.45) is 6.70. The quantitative estimate of drug-likeness (QED) is 0.912. The Labute approximate surface area is 99.6 Å². The van der Waals surface area contributed by atoms with Gasteiger partial charge in [0.05, 0.1) is 0 Å². The van der Waals surface area contributed by atoms with E-state index < -0.39 is 0 Å². The molecule has 0 bridgehead atoms. The van der Waals surface area contributed by atoms with E-state index in [-0.39, 0.29) is 0 Å². The summed E-state index contributed by atoms with van der Waals surface area (Å²) < 4.78 is 1.05. The van der Waals surface area contributed by atoms with Crippen molar-refractivity contribution in [1.29, 1.82) is 0 Å². The molecule has 1 N–H and O–H groups in total. The Balaban J connectivity index is 2.09. The highest BCUT2D eigenvalue weighted by Crippen LogP contribution is 2.26. The average Bonchev–Trinajstić information content (AvgIpc) is 2.71. The molecule has 15 heavy (non-hydrogen) atoms. The van der Waals surface area contributed by atoms with Crippen molar-refractivity contribution in [3.63, 3.8) is 0 Å². The number of rotatable bonds is 3. The van der Waals surface area contributed by atoms with E-state index in [1.54, 1.807) is 0 Å². The number of nitrogens with one attached hydrogen (secondary N) is 1. The fourth-order valence-corrected chi connectivity index (χ4v) is 2.54. The second-order valence-corrected chi connectivity index (χ2v) is 5.22. The molecule has 0 aliphatic carbocycles. The summed E-state index contributed by atoms with van der Waals surface area (Å²) in [6.45, 7) is 3.42. The van der Waals surface area contributed by atoms with Crippen molar-refractivity contribution < 1.29 is 0 Å². The number of nitrogens with zero attached hydrogens (tertiary/aromatic N) is 1. The Kier molecular flexibility index (Phi) is 3.42. The fourth-order valence-electron chi connectivity index (χ4n) is 2.30. The highest BCUT2D eigenvalue weighted by Gasteiger charge is 2.31. The molecule has 1 aromatic rings. The van der Waals surface area contributed by atoms with Crippen molar-refractivity contribution in [1.82, 2.24) is 10.3 Å². The number of aromatic nitrogens is 1. The van der Waals surface area contributed by atoms with Crippen LogP contribution in [0.2, 0.25) is 0 Å². The zero-order chi connectivity index (χ0) is 10.7. The summed E-state index contributed by atoms with van der Waals surface area (Å²) in [5.74, 6) is 0. The molecule has 0 spiro atoms. The van der Waals surface area contributed by atoms with Crippen molar-refractivity contribution in [3.8, 4) is 0 Å². The number of halogens is 1. The molecule has 1 aliphatic rings. The monoisotopic (exact) mass is 268 g/mol. The van der Waals surface area contributed by atoms with Gasteiger partial charge in [-0.2, -0.15) is 0 Å². The minimum Gasteiger partial charge on any atom is -0.311 e. The van der Waals surface area contributed by atoms with Crippen LogP contribution in [-0.4, -0.2) is 17.1 Å². The van der Waals surface area contributed by atoms with Gasteiger partial charge in [0.25, 0.3) is 0 Å². The molecule has 1 aliphatic heterocycles. The summed E-state index contributed by atoms with van der Waals surface area (Å²) in [5, 5.41) is 3.63. The van der Waals surface area contributed by atoms with Crippen LogP contribution in [0.15, 0.2) is 22.8 Å². The standard InChI is InChI=1S/C12H17BrN2/c1-2-12(6-3-7-15-12)8-11-5-4-10(13)9-14-11/h4-5,9,15H,2-3,6-8H2,1H3. The molecule has 1 unspecified atom stereocenters. The Bertz CT molecular complexity index is 315. The van der Waals surface area contributed by atoms with Gasteiger partial charge < -0.3 is 5.32 Å². The van der Waals surface area contributed by atoms with Crippen LogP contribution in [0.1, 0.15) is 31.9 Å². The van der Waals surface area contributed by atoms with Gasteiger partial charge in [-0.05, 0) is 53.9 Å². The third-order valence-corrected chi connectivity index (χ3v) is 3.79. The molecular weight excluding hydrogens is 252 g/mol. The summed E-state index contributed by atoms with van der Waals surface area (Å²) in [7, 11) is 0. The zero-order valence-corrected chi connectivity index (χ0v) is 10.7. The van der Waals surface area contributed by atoms with Crippen LogP contribution >= 0.6 is 15.9 Å². The molecule has 1 atom stereocenters. The average molecular weight is 269 g/mol. The van der Waals surface area contributed by atoms with E-state index in [9.17, 15) is 0 Å². The van der Waals surface area contributed by atoms with Crippen molar-refractivity contribution >= 4 is 15.9 Å². The lowest BCUT2D eigenvalue weighted by Crippen LogP contribution is -2.41. The molecule has 3 heteroatoms. The van der Waals surface area contributed by atoms with E-state index in [4.69, 9.17) is 0 Å². The third-order valence-electron chi connectivity index (χ3n) is 3.32. The van der Waals surface area contributed by atoms with Crippen LogP contribution in [0.5, 0.6) is 0 Å². The van der Waals surface area contributed by atoms with Gasteiger partial charge in [0, 0.05) is 28.3 Å². The molecule has 0 radical (unpaired) electrons. The Morgan fingerprint density at radius 1 is 1.53 bits per heavy atom. The first-order valence-electron chi connectivity index (χ1n) is 5.60. The van der Waals surface area contributed by atoms with Crippen LogP contribution in [-0.2, 0) is 6.42 Å². The molecule has 1 fully saturated rings. The minimum atomic E-state index is 0.306. The second kappa shape index (κ2) is 4.62. The second-order valence-electron chi connectivity index (χ2n) is 4.31. The predicted molar refractivity (Wildman–Crippen MR) is 65.9 cm³/mol. The van der Waals surface area contributed by atoms with Gasteiger partial charge in [0.15, 0.2) is 0 Å². The Morgan fingerprint density at radius 2 is 2.40 bits per heavy atom. The van der Waals surface area contributed by atoms with Crippen LogP contribution in [0.3, 0.4) is 0 Å². The van der Waals surface area contributed by atoms with Gasteiger partial charge in [-0.3, -0.25) is 4.98 Å². The van der Waals surface area contributed by atoms with Gasteiger partial charge >= 0.3 is 0 Å². The smallest absolute Gasteiger partial charge is 0.0422 e. The fraction of sp³-hybridized carbons (Fsp3) is 0.583. The van der Waals surface area contributed by atoms with Crippen molar-refractivity contribution in [2.45, 2.75) is 38.1 Å². The third kappa shape index (κ3) is 2.58.